The number of nitrogens with zero attached hydrogens (tertiary/aromatic N) is 4. The van der Waals surface area contributed by atoms with Gasteiger partial charge in [-0.2, -0.15) is 0 Å². The van der Waals surface area contributed by atoms with Crippen LogP contribution in [0.5, 0.6) is 0 Å². The van der Waals surface area contributed by atoms with Crippen molar-refractivity contribution in [3.63, 3.8) is 0 Å². The molecule has 0 spiro atoms. The van der Waals surface area contributed by atoms with E-state index in [0.717, 1.165) is 47.1 Å². The molecule has 1 aromatic heterocycles. The summed E-state index contributed by atoms with van der Waals surface area (Å²) in [6, 6.07) is 12.6. The molecule has 0 aliphatic carbocycles. The van der Waals surface area contributed by atoms with Gasteiger partial charge in [0.1, 0.15) is 6.54 Å². The van der Waals surface area contributed by atoms with Gasteiger partial charge in [-0.3, -0.25) is 9.79 Å². The smallest absolute Gasteiger partial charge is 0.240 e. The Labute approximate surface area is 192 Å². The van der Waals surface area contributed by atoms with Crippen LogP contribution in [-0.2, 0) is 30.7 Å². The van der Waals surface area contributed by atoms with E-state index in [1.165, 1.54) is 24.1 Å². The number of halogens is 1. The lowest BCUT2D eigenvalue weighted by Gasteiger charge is -2.17. The van der Waals surface area contributed by atoms with Crippen LogP contribution in [0.3, 0.4) is 0 Å². The molecule has 0 atom stereocenters. The van der Waals surface area contributed by atoms with Crippen molar-refractivity contribution in [2.45, 2.75) is 38.8 Å². The summed E-state index contributed by atoms with van der Waals surface area (Å²) in [7, 11) is 0. The number of aliphatic imine (C=N–C) groups is 1. The molecule has 1 fully saturated rings. The fourth-order valence-electron chi connectivity index (χ4n) is 4.41. The second-order valence-corrected chi connectivity index (χ2v) is 8.88. The van der Waals surface area contributed by atoms with Crippen molar-refractivity contribution >= 4 is 34.6 Å². The number of amides is 1. The molecule has 3 aromatic rings. The minimum Gasteiger partial charge on any atom is -0.371 e. The van der Waals surface area contributed by atoms with Crippen molar-refractivity contribution in [3.8, 4) is 0 Å². The number of nitrogens with one attached hydrogen (secondary N) is 1. The minimum absolute atomic E-state index is 0.0519. The van der Waals surface area contributed by atoms with Crippen molar-refractivity contribution in [2.75, 3.05) is 18.0 Å². The zero-order valence-corrected chi connectivity index (χ0v) is 18.7. The van der Waals surface area contributed by atoms with Gasteiger partial charge in [0.2, 0.25) is 5.91 Å². The minimum atomic E-state index is -0.0519. The summed E-state index contributed by atoms with van der Waals surface area (Å²) >= 11 is 6.50. The molecule has 0 unspecified atom stereocenters. The van der Waals surface area contributed by atoms with Crippen molar-refractivity contribution in [2.24, 2.45) is 4.99 Å². The van der Waals surface area contributed by atoms with Gasteiger partial charge in [-0.25, -0.2) is 4.98 Å². The van der Waals surface area contributed by atoms with Gasteiger partial charge in [0.15, 0.2) is 0 Å². The van der Waals surface area contributed by atoms with Crippen molar-refractivity contribution < 1.29 is 4.79 Å². The van der Waals surface area contributed by atoms with Gasteiger partial charge in [0.05, 0.1) is 12.0 Å². The van der Waals surface area contributed by atoms with Crippen LogP contribution in [0.25, 0.3) is 0 Å². The number of anilines is 1. The maximum Gasteiger partial charge on any atom is 0.240 e. The fourth-order valence-corrected chi connectivity index (χ4v) is 4.59. The molecular formula is C25H26ClN5O. The molecule has 0 bridgehead atoms. The highest BCUT2D eigenvalue weighted by molar-refractivity contribution is 6.31. The van der Waals surface area contributed by atoms with Crippen molar-refractivity contribution in [1.82, 2.24) is 14.9 Å². The summed E-state index contributed by atoms with van der Waals surface area (Å²) in [6.45, 7) is 2.99. The molecule has 2 aromatic carbocycles. The van der Waals surface area contributed by atoms with Gasteiger partial charge in [-0.1, -0.05) is 29.8 Å². The molecule has 1 N–H and O–H groups in total. The van der Waals surface area contributed by atoms with Crippen LogP contribution >= 0.6 is 11.6 Å². The molecule has 1 saturated heterocycles. The summed E-state index contributed by atoms with van der Waals surface area (Å²) < 4.78 is 1.74. The Bertz CT molecular complexity index is 1150. The maximum atomic E-state index is 12.2. The first kappa shape index (κ1) is 20.8. The lowest BCUT2D eigenvalue weighted by Crippen LogP contribution is -2.26. The van der Waals surface area contributed by atoms with Crippen LogP contribution in [0.1, 0.15) is 29.5 Å². The SMILES string of the molecule is O=C(Cn1ccnc1)NCc1ccc(Cl)c(CC2=Nc3cc(N4CCCC4)ccc3C2)c1. The van der Waals surface area contributed by atoms with Gasteiger partial charge >= 0.3 is 0 Å². The van der Waals surface area contributed by atoms with Crippen LogP contribution in [0.15, 0.2) is 60.1 Å². The molecule has 32 heavy (non-hydrogen) atoms. The highest BCUT2D eigenvalue weighted by Gasteiger charge is 2.19. The number of fused-ring (bicyclic) bond motifs is 1. The standard InChI is InChI=1S/C25H26ClN5O/c26-23-6-3-18(15-28-25(32)16-30-10-7-27-17-30)11-20(23)13-21-12-19-4-5-22(14-24(19)29-21)31-8-1-2-9-31/h3-7,10-11,14,17H,1-2,8-9,12-13,15-16H2,(H,28,32). The molecule has 2 aliphatic rings. The first-order chi connectivity index (χ1) is 15.6. The van der Waals surface area contributed by atoms with E-state index >= 15 is 0 Å². The van der Waals surface area contributed by atoms with E-state index < -0.39 is 0 Å². The number of imidazole rings is 1. The number of hydrogen-bond acceptors (Lipinski definition) is 4. The number of rotatable bonds is 7. The summed E-state index contributed by atoms with van der Waals surface area (Å²) in [6.07, 6.45) is 9.18. The number of benzene rings is 2. The Balaban J connectivity index is 1.23. The van der Waals surface area contributed by atoms with Crippen LogP contribution in [0, 0.1) is 0 Å². The van der Waals surface area contributed by atoms with E-state index in [9.17, 15) is 4.79 Å². The molecule has 3 heterocycles. The molecule has 6 nitrogen and oxygen atoms in total. The Morgan fingerprint density at radius 1 is 1.12 bits per heavy atom. The van der Waals surface area contributed by atoms with E-state index in [4.69, 9.17) is 16.6 Å². The van der Waals surface area contributed by atoms with Gasteiger partial charge in [-0.05, 0) is 47.7 Å². The lowest BCUT2D eigenvalue weighted by molar-refractivity contribution is -0.121. The molecule has 1 amide bonds. The number of hydrogen-bond donors (Lipinski definition) is 1. The first-order valence-corrected chi connectivity index (χ1v) is 11.5. The van der Waals surface area contributed by atoms with Crippen LogP contribution in [-0.4, -0.2) is 34.3 Å². The third-order valence-electron chi connectivity index (χ3n) is 6.09. The summed E-state index contributed by atoms with van der Waals surface area (Å²) in [5.41, 5.74) is 6.83. The van der Waals surface area contributed by atoms with Gasteiger partial charge in [0, 0.05) is 61.3 Å². The lowest BCUT2D eigenvalue weighted by atomic mass is 10.0. The largest absolute Gasteiger partial charge is 0.371 e. The quantitative estimate of drug-likeness (QED) is 0.586. The maximum absolute atomic E-state index is 12.2. The molecular weight excluding hydrogens is 422 g/mol. The summed E-state index contributed by atoms with van der Waals surface area (Å²) in [4.78, 5) is 23.5. The predicted molar refractivity (Wildman–Crippen MR) is 128 cm³/mol. The van der Waals surface area contributed by atoms with E-state index in [1.807, 2.05) is 12.1 Å². The van der Waals surface area contributed by atoms with Gasteiger partial charge < -0.3 is 14.8 Å². The van der Waals surface area contributed by atoms with Crippen molar-refractivity contribution in [3.05, 3.63) is 76.8 Å². The summed E-state index contributed by atoms with van der Waals surface area (Å²) in [5, 5.41) is 3.69. The Morgan fingerprint density at radius 3 is 2.81 bits per heavy atom. The Kier molecular flexibility index (Phi) is 5.95. The highest BCUT2D eigenvalue weighted by Crippen LogP contribution is 2.33. The van der Waals surface area contributed by atoms with Gasteiger partial charge in [-0.15, -0.1) is 0 Å². The number of aromatic nitrogens is 2. The third kappa shape index (κ3) is 4.70. The average molecular weight is 448 g/mol. The zero-order valence-electron chi connectivity index (χ0n) is 17.9. The van der Waals surface area contributed by atoms with Crippen molar-refractivity contribution in [1.29, 1.82) is 0 Å². The second kappa shape index (κ2) is 9.17. The molecule has 0 saturated carbocycles. The first-order valence-electron chi connectivity index (χ1n) is 11.1. The van der Waals surface area contributed by atoms with E-state index in [2.05, 4.69) is 39.5 Å². The Hall–Kier alpha value is -3.12. The van der Waals surface area contributed by atoms with E-state index in [-0.39, 0.29) is 12.5 Å². The molecule has 5 rings (SSSR count). The Morgan fingerprint density at radius 2 is 2.00 bits per heavy atom. The highest BCUT2D eigenvalue weighted by atomic mass is 35.5. The monoisotopic (exact) mass is 447 g/mol. The topological polar surface area (TPSA) is 62.5 Å². The fraction of sp³-hybridized carbons (Fsp3) is 0.320. The number of carbonyl (C=O) groups excluding carboxylic acids is 1. The van der Waals surface area contributed by atoms with Crippen LogP contribution in [0.4, 0.5) is 11.4 Å². The van der Waals surface area contributed by atoms with Crippen LogP contribution < -0.4 is 10.2 Å². The normalized spacial score (nSPS) is 15.0. The number of carbonyl (C=O) groups is 1. The second-order valence-electron chi connectivity index (χ2n) is 8.48. The third-order valence-corrected chi connectivity index (χ3v) is 6.46. The van der Waals surface area contributed by atoms with E-state index in [0.29, 0.717) is 13.0 Å². The molecule has 164 valence electrons. The molecule has 7 heteroatoms. The zero-order chi connectivity index (χ0) is 21.9. The molecule has 0 radical (unpaired) electrons. The molecule has 2 aliphatic heterocycles. The van der Waals surface area contributed by atoms with Crippen LogP contribution in [0.2, 0.25) is 5.02 Å². The van der Waals surface area contributed by atoms with Gasteiger partial charge in [0.25, 0.3) is 0 Å². The predicted octanol–water partition coefficient (Wildman–Crippen LogP) is 4.32. The average Bonchev–Trinajstić information content (AvgIpc) is 3.55. The summed E-state index contributed by atoms with van der Waals surface area (Å²) in [5.74, 6) is -0.0519. The van der Waals surface area contributed by atoms with E-state index in [1.54, 1.807) is 23.3 Å².